The van der Waals surface area contributed by atoms with Crippen LogP contribution in [0, 0.1) is 12.8 Å². The van der Waals surface area contributed by atoms with E-state index >= 15 is 0 Å². The Bertz CT molecular complexity index is 1050. The van der Waals surface area contributed by atoms with Crippen molar-refractivity contribution in [2.45, 2.75) is 69.1 Å². The summed E-state index contributed by atoms with van der Waals surface area (Å²) in [6, 6.07) is 4.08. The van der Waals surface area contributed by atoms with Crippen molar-refractivity contribution < 1.29 is 10.2 Å². The molecule has 4 aliphatic rings. The molecule has 1 saturated carbocycles. The first-order chi connectivity index (χ1) is 15.9. The molecule has 3 atom stereocenters. The zero-order valence-corrected chi connectivity index (χ0v) is 21.1. The summed E-state index contributed by atoms with van der Waals surface area (Å²) in [6.07, 6.45) is 10.2. The Kier molecular flexibility index (Phi) is 5.40. The molecule has 1 aromatic carbocycles. The second kappa shape index (κ2) is 8.08. The Balaban J connectivity index is 1.34. The second-order valence-corrected chi connectivity index (χ2v) is 11.8. The molecule has 2 saturated heterocycles. The summed E-state index contributed by atoms with van der Waals surface area (Å²) >= 11 is 3.74. The maximum atomic E-state index is 12.6. The lowest BCUT2D eigenvalue weighted by atomic mass is 9.52. The highest BCUT2D eigenvalue weighted by molar-refractivity contribution is 9.10. The molecular formula is C26H35BrN4O2. The molecule has 2 aromatic rings. The minimum Gasteiger partial charge on any atom is -0.507 e. The van der Waals surface area contributed by atoms with Crippen LogP contribution < -0.4 is 0 Å². The summed E-state index contributed by atoms with van der Waals surface area (Å²) in [6.45, 7) is 7.91. The Hall–Kier alpha value is -1.41. The molecule has 7 heteroatoms. The zero-order chi connectivity index (χ0) is 22.8. The van der Waals surface area contributed by atoms with Gasteiger partial charge in [-0.1, -0.05) is 6.07 Å². The number of aromatic hydroxyl groups is 1. The largest absolute Gasteiger partial charge is 0.507 e. The first kappa shape index (κ1) is 22.1. The number of benzene rings is 1. The molecule has 0 amide bonds. The van der Waals surface area contributed by atoms with Gasteiger partial charge >= 0.3 is 0 Å². The van der Waals surface area contributed by atoms with Crippen LogP contribution in [0.25, 0.3) is 0 Å². The number of hydrogen-bond acceptors (Lipinski definition) is 5. The lowest BCUT2D eigenvalue weighted by molar-refractivity contribution is -0.149. The van der Waals surface area contributed by atoms with Gasteiger partial charge in [-0.3, -0.25) is 9.58 Å². The minimum absolute atomic E-state index is 0.157. The van der Waals surface area contributed by atoms with E-state index in [-0.39, 0.29) is 11.5 Å². The smallest absolute Gasteiger partial charge is 0.130 e. The standard InChI is InChI=1S/C26H35BrN4O2/c1-18-15-28-31(16-18)13-12-29-9-6-25-7-11-30(17-19-2-3-19)22(26(25,33)8-10-29)14-20-4-5-21(32)24(27)23(20)25/h4-5,15-16,19,22,32-33H,2-3,6-14,17H2,1H3/t22-,25+,26-/m1/s1. The van der Waals surface area contributed by atoms with Crippen LogP contribution in [0.5, 0.6) is 5.75 Å². The Morgan fingerprint density at radius 2 is 1.91 bits per heavy atom. The number of aryl methyl sites for hydroxylation is 1. The molecule has 0 radical (unpaired) electrons. The van der Waals surface area contributed by atoms with Crippen molar-refractivity contribution in [1.82, 2.24) is 19.6 Å². The van der Waals surface area contributed by atoms with Gasteiger partial charge in [0.1, 0.15) is 5.75 Å². The summed E-state index contributed by atoms with van der Waals surface area (Å²) in [7, 11) is 0. The third-order valence-corrected chi connectivity index (χ3v) is 9.81. The molecule has 3 heterocycles. The predicted octanol–water partition coefficient (Wildman–Crippen LogP) is 3.46. The van der Waals surface area contributed by atoms with Gasteiger partial charge < -0.3 is 15.1 Å². The number of fused-ring (bicyclic) bond motifs is 1. The van der Waals surface area contributed by atoms with E-state index in [2.05, 4.69) is 50.0 Å². The van der Waals surface area contributed by atoms with Crippen molar-refractivity contribution in [2.75, 3.05) is 32.7 Å². The summed E-state index contributed by atoms with van der Waals surface area (Å²) in [5, 5.41) is 27.7. The van der Waals surface area contributed by atoms with E-state index in [0.717, 1.165) is 75.3 Å². The van der Waals surface area contributed by atoms with E-state index in [1.807, 2.05) is 16.9 Å². The van der Waals surface area contributed by atoms with E-state index in [9.17, 15) is 10.2 Å². The van der Waals surface area contributed by atoms with E-state index in [0.29, 0.717) is 5.75 Å². The SMILES string of the molecule is Cc1cnn(CCN2CC[C@]34CCN(CC5CC5)[C@H](Cc5ccc(O)c(Br)c53)[C@]4(O)CC2)c1. The number of phenolic OH excluding ortho intramolecular Hbond substituents is 1. The van der Waals surface area contributed by atoms with E-state index in [1.54, 1.807) is 0 Å². The Morgan fingerprint density at radius 1 is 1.12 bits per heavy atom. The van der Waals surface area contributed by atoms with Crippen LogP contribution in [0.1, 0.15) is 48.8 Å². The molecule has 33 heavy (non-hydrogen) atoms. The summed E-state index contributed by atoms with van der Waals surface area (Å²) in [5.41, 5.74) is 2.57. The van der Waals surface area contributed by atoms with Crippen LogP contribution in [0.2, 0.25) is 0 Å². The average Bonchev–Trinajstić information content (AvgIpc) is 3.54. The lowest BCUT2D eigenvalue weighted by Crippen LogP contribution is -2.71. The fraction of sp³-hybridized carbons (Fsp3) is 0.654. The normalized spacial score (nSPS) is 32.3. The molecule has 2 N–H and O–H groups in total. The van der Waals surface area contributed by atoms with Crippen molar-refractivity contribution in [1.29, 1.82) is 0 Å². The zero-order valence-electron chi connectivity index (χ0n) is 19.5. The summed E-state index contributed by atoms with van der Waals surface area (Å²) in [4.78, 5) is 5.13. The minimum atomic E-state index is -0.777. The number of aromatic nitrogens is 2. The quantitative estimate of drug-likeness (QED) is 0.639. The van der Waals surface area contributed by atoms with Crippen molar-refractivity contribution in [3.05, 3.63) is 45.7 Å². The van der Waals surface area contributed by atoms with Gasteiger partial charge in [0.25, 0.3) is 0 Å². The first-order valence-electron chi connectivity index (χ1n) is 12.6. The second-order valence-electron chi connectivity index (χ2n) is 11.0. The van der Waals surface area contributed by atoms with Crippen LogP contribution in [-0.4, -0.2) is 74.2 Å². The number of likely N-dealkylation sites (tertiary alicyclic amines) is 2. The maximum Gasteiger partial charge on any atom is 0.130 e. The highest BCUT2D eigenvalue weighted by Crippen LogP contribution is 2.58. The van der Waals surface area contributed by atoms with Crippen LogP contribution in [0.15, 0.2) is 29.0 Å². The fourth-order valence-corrected chi connectivity index (χ4v) is 7.80. The third-order valence-electron chi connectivity index (χ3n) is 9.01. The van der Waals surface area contributed by atoms with Crippen LogP contribution >= 0.6 is 15.9 Å². The highest BCUT2D eigenvalue weighted by Gasteiger charge is 2.63. The monoisotopic (exact) mass is 514 g/mol. The molecule has 0 unspecified atom stereocenters. The highest BCUT2D eigenvalue weighted by atomic mass is 79.9. The van der Waals surface area contributed by atoms with E-state index in [4.69, 9.17) is 0 Å². The number of halogens is 1. The summed E-state index contributed by atoms with van der Waals surface area (Å²) in [5.74, 6) is 1.10. The van der Waals surface area contributed by atoms with Crippen LogP contribution in [0.4, 0.5) is 0 Å². The lowest BCUT2D eigenvalue weighted by Gasteiger charge is -2.61. The number of rotatable bonds is 5. The number of aliphatic hydroxyl groups is 1. The summed E-state index contributed by atoms with van der Waals surface area (Å²) < 4.78 is 2.83. The molecule has 2 bridgehead atoms. The fourth-order valence-electron chi connectivity index (χ4n) is 7.04. The molecule has 1 aromatic heterocycles. The molecule has 6 rings (SSSR count). The van der Waals surface area contributed by atoms with Gasteiger partial charge in [0.15, 0.2) is 0 Å². The van der Waals surface area contributed by atoms with E-state index in [1.165, 1.54) is 29.5 Å². The van der Waals surface area contributed by atoms with Gasteiger partial charge in [0.2, 0.25) is 0 Å². The van der Waals surface area contributed by atoms with Gasteiger partial charge in [-0.15, -0.1) is 0 Å². The first-order valence-corrected chi connectivity index (χ1v) is 13.4. The third kappa shape index (κ3) is 3.58. The van der Waals surface area contributed by atoms with Crippen LogP contribution in [0.3, 0.4) is 0 Å². The van der Waals surface area contributed by atoms with Crippen molar-refractivity contribution >= 4 is 15.9 Å². The number of hydrogen-bond donors (Lipinski definition) is 2. The van der Waals surface area contributed by atoms with Crippen molar-refractivity contribution in [3.63, 3.8) is 0 Å². The molecule has 0 spiro atoms. The predicted molar refractivity (Wildman–Crippen MR) is 131 cm³/mol. The molecular weight excluding hydrogens is 480 g/mol. The number of piperidine rings is 1. The molecule has 3 fully saturated rings. The van der Waals surface area contributed by atoms with Gasteiger partial charge in [-0.2, -0.15) is 5.10 Å². The maximum absolute atomic E-state index is 12.6. The average molecular weight is 515 g/mol. The topological polar surface area (TPSA) is 64.8 Å². The molecule has 6 nitrogen and oxygen atoms in total. The Morgan fingerprint density at radius 3 is 2.67 bits per heavy atom. The van der Waals surface area contributed by atoms with Crippen molar-refractivity contribution in [2.24, 2.45) is 5.92 Å². The molecule has 178 valence electrons. The van der Waals surface area contributed by atoms with Crippen molar-refractivity contribution in [3.8, 4) is 5.75 Å². The van der Waals surface area contributed by atoms with Gasteiger partial charge in [-0.05, 0) is 103 Å². The van der Waals surface area contributed by atoms with Gasteiger partial charge in [-0.25, -0.2) is 0 Å². The number of phenols is 1. The molecule has 2 aliphatic carbocycles. The molecule has 2 aliphatic heterocycles. The van der Waals surface area contributed by atoms with Crippen LogP contribution in [-0.2, 0) is 18.4 Å². The van der Waals surface area contributed by atoms with Gasteiger partial charge in [0, 0.05) is 37.3 Å². The van der Waals surface area contributed by atoms with E-state index < -0.39 is 5.60 Å². The number of nitrogens with zero attached hydrogens (tertiary/aromatic N) is 4. The Labute approximate surface area is 204 Å². The van der Waals surface area contributed by atoms with Gasteiger partial charge in [0.05, 0.1) is 22.8 Å².